The molecule has 0 aliphatic carbocycles. The maximum absolute atomic E-state index is 6.15. The molecule has 1 fully saturated rings. The highest BCUT2D eigenvalue weighted by Gasteiger charge is 2.23. The van der Waals surface area contributed by atoms with Crippen molar-refractivity contribution in [2.24, 2.45) is 11.8 Å². The molecule has 0 amide bonds. The Labute approximate surface area is 104 Å². The van der Waals surface area contributed by atoms with Crippen LogP contribution in [0.25, 0.3) is 0 Å². The van der Waals surface area contributed by atoms with E-state index < -0.39 is 0 Å². The minimum atomic E-state index is 0.726. The number of para-hydroxylation sites is 1. The minimum Gasteiger partial charge on any atom is -0.495 e. The van der Waals surface area contributed by atoms with E-state index >= 15 is 0 Å². The van der Waals surface area contributed by atoms with Crippen LogP contribution in [-0.2, 0) is 0 Å². The third-order valence-electron chi connectivity index (χ3n) is 3.47. The van der Waals surface area contributed by atoms with E-state index in [0.29, 0.717) is 0 Å². The van der Waals surface area contributed by atoms with Gasteiger partial charge < -0.3 is 15.4 Å². The summed E-state index contributed by atoms with van der Waals surface area (Å²) in [4.78, 5) is 2.39. The van der Waals surface area contributed by atoms with Gasteiger partial charge in [0.05, 0.1) is 18.5 Å². The molecular formula is C14H22N2O. The SMILES string of the molecule is COc1cccc(N2CC(C)CC(C)C2)c1N. The molecule has 1 aliphatic heterocycles. The van der Waals surface area contributed by atoms with Crippen molar-refractivity contribution in [2.45, 2.75) is 20.3 Å². The largest absolute Gasteiger partial charge is 0.495 e. The fraction of sp³-hybridized carbons (Fsp3) is 0.571. The van der Waals surface area contributed by atoms with Crippen LogP contribution in [0.15, 0.2) is 18.2 Å². The summed E-state index contributed by atoms with van der Waals surface area (Å²) in [7, 11) is 1.66. The first-order valence-electron chi connectivity index (χ1n) is 6.29. The minimum absolute atomic E-state index is 0.726. The van der Waals surface area contributed by atoms with Gasteiger partial charge in [-0.1, -0.05) is 19.9 Å². The lowest BCUT2D eigenvalue weighted by Crippen LogP contribution is -2.39. The van der Waals surface area contributed by atoms with Crippen molar-refractivity contribution in [1.29, 1.82) is 0 Å². The van der Waals surface area contributed by atoms with Crippen LogP contribution in [0.5, 0.6) is 5.75 Å². The third kappa shape index (κ3) is 2.48. The van der Waals surface area contributed by atoms with Crippen LogP contribution in [0.4, 0.5) is 11.4 Å². The van der Waals surface area contributed by atoms with E-state index in [1.807, 2.05) is 12.1 Å². The summed E-state index contributed by atoms with van der Waals surface area (Å²) in [6.45, 7) is 6.78. The molecule has 2 atom stereocenters. The predicted octanol–water partition coefficient (Wildman–Crippen LogP) is 2.76. The van der Waals surface area contributed by atoms with E-state index in [0.717, 1.165) is 42.0 Å². The molecule has 17 heavy (non-hydrogen) atoms. The van der Waals surface area contributed by atoms with Crippen molar-refractivity contribution >= 4 is 11.4 Å². The Morgan fingerprint density at radius 1 is 1.24 bits per heavy atom. The molecule has 0 saturated carbocycles. The molecule has 0 bridgehead atoms. The Bertz CT molecular complexity index is 382. The third-order valence-corrected chi connectivity index (χ3v) is 3.47. The van der Waals surface area contributed by atoms with Crippen LogP contribution >= 0.6 is 0 Å². The van der Waals surface area contributed by atoms with Gasteiger partial charge in [0.1, 0.15) is 5.75 Å². The second kappa shape index (κ2) is 4.86. The van der Waals surface area contributed by atoms with E-state index in [1.165, 1.54) is 6.42 Å². The van der Waals surface area contributed by atoms with Crippen LogP contribution in [0.3, 0.4) is 0 Å². The average Bonchev–Trinajstić information content (AvgIpc) is 2.28. The second-order valence-corrected chi connectivity index (χ2v) is 5.24. The topological polar surface area (TPSA) is 38.5 Å². The molecule has 1 saturated heterocycles. The maximum atomic E-state index is 6.15. The smallest absolute Gasteiger partial charge is 0.143 e. The fourth-order valence-corrected chi connectivity index (χ4v) is 2.85. The first-order chi connectivity index (χ1) is 8.11. The Hall–Kier alpha value is -1.38. The van der Waals surface area contributed by atoms with Crippen LogP contribution in [0.2, 0.25) is 0 Å². The highest BCUT2D eigenvalue weighted by molar-refractivity contribution is 5.74. The number of rotatable bonds is 2. The highest BCUT2D eigenvalue weighted by Crippen LogP contribution is 2.35. The number of hydrogen-bond donors (Lipinski definition) is 1. The van der Waals surface area contributed by atoms with Gasteiger partial charge in [0.15, 0.2) is 0 Å². The van der Waals surface area contributed by atoms with Crippen molar-refractivity contribution in [2.75, 3.05) is 30.8 Å². The van der Waals surface area contributed by atoms with Crippen LogP contribution < -0.4 is 15.4 Å². The van der Waals surface area contributed by atoms with Crippen molar-refractivity contribution < 1.29 is 4.74 Å². The molecule has 94 valence electrons. The summed E-state index contributed by atoms with van der Waals surface area (Å²) < 4.78 is 5.28. The Kier molecular flexibility index (Phi) is 3.46. The number of nitrogens with two attached hydrogens (primary N) is 1. The van der Waals surface area contributed by atoms with Gasteiger partial charge in [0, 0.05) is 13.1 Å². The van der Waals surface area contributed by atoms with Crippen LogP contribution in [0.1, 0.15) is 20.3 Å². The summed E-state index contributed by atoms with van der Waals surface area (Å²) in [6, 6.07) is 6.01. The zero-order chi connectivity index (χ0) is 12.4. The van der Waals surface area contributed by atoms with Gasteiger partial charge in [0.25, 0.3) is 0 Å². The number of nitrogens with zero attached hydrogens (tertiary/aromatic N) is 1. The van der Waals surface area contributed by atoms with E-state index in [2.05, 4.69) is 24.8 Å². The van der Waals surface area contributed by atoms with Gasteiger partial charge >= 0.3 is 0 Å². The molecule has 1 aromatic carbocycles. The van der Waals surface area contributed by atoms with Crippen molar-refractivity contribution in [3.05, 3.63) is 18.2 Å². The first-order valence-corrected chi connectivity index (χ1v) is 6.29. The molecule has 2 rings (SSSR count). The predicted molar refractivity (Wildman–Crippen MR) is 72.6 cm³/mol. The zero-order valence-electron chi connectivity index (χ0n) is 10.9. The molecule has 0 radical (unpaired) electrons. The Balaban J connectivity index is 2.27. The molecule has 3 heteroatoms. The van der Waals surface area contributed by atoms with Crippen molar-refractivity contribution in [1.82, 2.24) is 0 Å². The second-order valence-electron chi connectivity index (χ2n) is 5.24. The normalized spacial score (nSPS) is 24.8. The number of nitrogen functional groups attached to an aromatic ring is 1. The Morgan fingerprint density at radius 2 is 1.88 bits per heavy atom. The molecule has 1 aliphatic rings. The van der Waals surface area contributed by atoms with E-state index in [1.54, 1.807) is 7.11 Å². The Morgan fingerprint density at radius 3 is 2.47 bits per heavy atom. The molecule has 1 aromatic rings. The zero-order valence-corrected chi connectivity index (χ0v) is 10.9. The van der Waals surface area contributed by atoms with E-state index in [4.69, 9.17) is 10.5 Å². The lowest BCUT2D eigenvalue weighted by atomic mass is 9.91. The summed E-state index contributed by atoms with van der Waals surface area (Å²) in [6.07, 6.45) is 1.31. The molecule has 1 heterocycles. The van der Waals surface area contributed by atoms with Crippen molar-refractivity contribution in [3.8, 4) is 5.75 Å². The van der Waals surface area contributed by atoms with Gasteiger partial charge in [-0.3, -0.25) is 0 Å². The average molecular weight is 234 g/mol. The summed E-state index contributed by atoms with van der Waals surface area (Å²) >= 11 is 0. The van der Waals surface area contributed by atoms with Crippen molar-refractivity contribution in [3.63, 3.8) is 0 Å². The summed E-state index contributed by atoms with van der Waals surface area (Å²) in [5, 5.41) is 0. The summed E-state index contributed by atoms with van der Waals surface area (Å²) in [5.41, 5.74) is 8.02. The molecule has 2 unspecified atom stereocenters. The molecular weight excluding hydrogens is 212 g/mol. The fourth-order valence-electron chi connectivity index (χ4n) is 2.85. The standard InChI is InChI=1S/C14H22N2O/c1-10-7-11(2)9-16(8-10)12-5-4-6-13(17-3)14(12)15/h4-6,10-11H,7-9,15H2,1-3H3. The first kappa shape index (κ1) is 12.1. The number of methoxy groups -OCH3 is 1. The van der Waals surface area contributed by atoms with Crippen LogP contribution in [-0.4, -0.2) is 20.2 Å². The quantitative estimate of drug-likeness (QED) is 0.800. The molecule has 0 aromatic heterocycles. The van der Waals surface area contributed by atoms with Crippen LogP contribution in [0, 0.1) is 11.8 Å². The molecule has 2 N–H and O–H groups in total. The van der Waals surface area contributed by atoms with E-state index in [-0.39, 0.29) is 0 Å². The summed E-state index contributed by atoms with van der Waals surface area (Å²) in [5.74, 6) is 2.22. The molecule has 0 spiro atoms. The van der Waals surface area contributed by atoms with Gasteiger partial charge in [-0.25, -0.2) is 0 Å². The number of hydrogen-bond acceptors (Lipinski definition) is 3. The molecule has 3 nitrogen and oxygen atoms in total. The number of piperidine rings is 1. The van der Waals surface area contributed by atoms with Gasteiger partial charge in [-0.15, -0.1) is 0 Å². The van der Waals surface area contributed by atoms with Gasteiger partial charge in [0.2, 0.25) is 0 Å². The van der Waals surface area contributed by atoms with Gasteiger partial charge in [-0.05, 0) is 30.4 Å². The number of benzene rings is 1. The van der Waals surface area contributed by atoms with E-state index in [9.17, 15) is 0 Å². The monoisotopic (exact) mass is 234 g/mol. The lowest BCUT2D eigenvalue weighted by Gasteiger charge is -2.37. The van der Waals surface area contributed by atoms with Gasteiger partial charge in [-0.2, -0.15) is 0 Å². The maximum Gasteiger partial charge on any atom is 0.143 e. The number of ether oxygens (including phenoxy) is 1. The number of anilines is 2. The lowest BCUT2D eigenvalue weighted by molar-refractivity contribution is 0.356. The highest BCUT2D eigenvalue weighted by atomic mass is 16.5.